The molecule has 1 heterocycles. The fourth-order valence-electron chi connectivity index (χ4n) is 3.38. The van der Waals surface area contributed by atoms with Crippen molar-refractivity contribution in [1.29, 1.82) is 0 Å². The highest BCUT2D eigenvalue weighted by Gasteiger charge is 2.23. The molecule has 7 nitrogen and oxygen atoms in total. The smallest absolute Gasteiger partial charge is 0.241 e. The van der Waals surface area contributed by atoms with Crippen molar-refractivity contribution in [1.82, 2.24) is 14.5 Å². The zero-order valence-corrected chi connectivity index (χ0v) is 16.6. The standard InChI is InChI=1S/C18H27N3O4S/c1-13-11-14(2)18(15(3)12-13)26(24,25)19-6-5-17(23)21-9-7-20(8-10-21)16(4)22/h11-12,19H,5-10H2,1-4H3. The number of carbonyl (C=O) groups is 2. The molecule has 26 heavy (non-hydrogen) atoms. The number of hydrogen-bond donors (Lipinski definition) is 1. The Kier molecular flexibility index (Phi) is 6.41. The van der Waals surface area contributed by atoms with Gasteiger partial charge in [0.2, 0.25) is 21.8 Å². The van der Waals surface area contributed by atoms with Crippen molar-refractivity contribution in [3.63, 3.8) is 0 Å². The van der Waals surface area contributed by atoms with Crippen LogP contribution in [0.5, 0.6) is 0 Å². The van der Waals surface area contributed by atoms with E-state index in [1.54, 1.807) is 23.6 Å². The van der Waals surface area contributed by atoms with Crippen LogP contribution in [0.4, 0.5) is 0 Å². The molecule has 2 rings (SSSR count). The quantitative estimate of drug-likeness (QED) is 0.823. The second-order valence-corrected chi connectivity index (χ2v) is 8.47. The number of carbonyl (C=O) groups excluding carboxylic acids is 2. The van der Waals surface area contributed by atoms with Crippen molar-refractivity contribution in [3.8, 4) is 0 Å². The SMILES string of the molecule is CC(=O)N1CCN(C(=O)CCNS(=O)(=O)c2c(C)cc(C)cc2C)CC1. The molecule has 0 unspecified atom stereocenters. The minimum atomic E-state index is -3.66. The van der Waals surface area contributed by atoms with E-state index in [-0.39, 0.29) is 29.7 Å². The minimum absolute atomic E-state index is 0.00805. The lowest BCUT2D eigenvalue weighted by molar-refractivity contribution is -0.138. The summed E-state index contributed by atoms with van der Waals surface area (Å²) in [4.78, 5) is 27.2. The number of sulfonamides is 1. The maximum absolute atomic E-state index is 12.6. The van der Waals surface area contributed by atoms with Gasteiger partial charge in [0.25, 0.3) is 0 Å². The molecule has 1 aromatic carbocycles. The van der Waals surface area contributed by atoms with Crippen molar-refractivity contribution in [3.05, 3.63) is 28.8 Å². The van der Waals surface area contributed by atoms with Crippen LogP contribution in [0.25, 0.3) is 0 Å². The van der Waals surface area contributed by atoms with Crippen LogP contribution in [0.3, 0.4) is 0 Å². The molecule has 1 fully saturated rings. The fraction of sp³-hybridized carbons (Fsp3) is 0.556. The van der Waals surface area contributed by atoms with E-state index in [1.807, 2.05) is 19.1 Å². The van der Waals surface area contributed by atoms with Gasteiger partial charge in [-0.15, -0.1) is 0 Å². The van der Waals surface area contributed by atoms with Gasteiger partial charge in [-0.1, -0.05) is 17.7 Å². The number of piperazine rings is 1. The average molecular weight is 381 g/mol. The first-order valence-corrected chi connectivity index (χ1v) is 10.2. The number of amides is 2. The number of aryl methyl sites for hydroxylation is 3. The van der Waals surface area contributed by atoms with E-state index in [1.165, 1.54) is 6.92 Å². The molecular weight excluding hydrogens is 354 g/mol. The Balaban J connectivity index is 1.91. The van der Waals surface area contributed by atoms with Gasteiger partial charge in [-0.2, -0.15) is 0 Å². The fourth-order valence-corrected chi connectivity index (χ4v) is 4.86. The number of hydrogen-bond acceptors (Lipinski definition) is 4. The lowest BCUT2D eigenvalue weighted by atomic mass is 10.1. The summed E-state index contributed by atoms with van der Waals surface area (Å²) in [6.45, 7) is 9.06. The lowest BCUT2D eigenvalue weighted by Gasteiger charge is -2.34. The molecule has 0 bridgehead atoms. The minimum Gasteiger partial charge on any atom is -0.339 e. The molecule has 2 amide bonds. The molecule has 8 heteroatoms. The molecule has 1 aliphatic rings. The van der Waals surface area contributed by atoms with Crippen LogP contribution in [-0.4, -0.2) is 62.8 Å². The average Bonchev–Trinajstić information content (AvgIpc) is 2.53. The first-order valence-electron chi connectivity index (χ1n) is 8.72. The molecular formula is C18H27N3O4S. The van der Waals surface area contributed by atoms with E-state index in [4.69, 9.17) is 0 Å². The first-order chi connectivity index (χ1) is 12.1. The van der Waals surface area contributed by atoms with E-state index in [0.717, 1.165) is 5.56 Å². The Hall–Kier alpha value is -1.93. The van der Waals surface area contributed by atoms with Gasteiger partial charge in [0.1, 0.15) is 0 Å². The molecule has 1 saturated heterocycles. The maximum atomic E-state index is 12.6. The zero-order chi connectivity index (χ0) is 19.5. The van der Waals surface area contributed by atoms with Crippen LogP contribution in [0.1, 0.15) is 30.0 Å². The largest absolute Gasteiger partial charge is 0.339 e. The molecule has 1 aromatic rings. The molecule has 0 aliphatic carbocycles. The highest BCUT2D eigenvalue weighted by Crippen LogP contribution is 2.21. The number of benzene rings is 1. The Bertz CT molecular complexity index is 774. The second-order valence-electron chi connectivity index (χ2n) is 6.76. The summed E-state index contributed by atoms with van der Waals surface area (Å²) in [5, 5.41) is 0. The van der Waals surface area contributed by atoms with Crippen molar-refractivity contribution in [2.45, 2.75) is 39.0 Å². The summed E-state index contributed by atoms with van der Waals surface area (Å²) < 4.78 is 27.7. The van der Waals surface area contributed by atoms with E-state index in [9.17, 15) is 18.0 Å². The number of nitrogens with one attached hydrogen (secondary N) is 1. The third-order valence-electron chi connectivity index (χ3n) is 4.58. The predicted octanol–water partition coefficient (Wildman–Crippen LogP) is 0.971. The van der Waals surface area contributed by atoms with Gasteiger partial charge >= 0.3 is 0 Å². The number of nitrogens with zero attached hydrogens (tertiary/aromatic N) is 2. The van der Waals surface area contributed by atoms with Crippen molar-refractivity contribution < 1.29 is 18.0 Å². The molecule has 144 valence electrons. The van der Waals surface area contributed by atoms with Crippen LogP contribution < -0.4 is 4.72 Å². The normalized spacial score (nSPS) is 15.2. The topological polar surface area (TPSA) is 86.8 Å². The molecule has 0 atom stereocenters. The lowest BCUT2D eigenvalue weighted by Crippen LogP contribution is -2.50. The number of rotatable bonds is 5. The summed E-state index contributed by atoms with van der Waals surface area (Å²) in [6, 6.07) is 3.67. The monoisotopic (exact) mass is 381 g/mol. The molecule has 1 N–H and O–H groups in total. The summed E-state index contributed by atoms with van der Waals surface area (Å²) in [6.07, 6.45) is 0.100. The van der Waals surface area contributed by atoms with Gasteiger partial charge in [0.05, 0.1) is 4.90 Å². The van der Waals surface area contributed by atoms with Gasteiger partial charge in [-0.3, -0.25) is 9.59 Å². The van der Waals surface area contributed by atoms with E-state index < -0.39 is 10.0 Å². The summed E-state index contributed by atoms with van der Waals surface area (Å²) in [5.74, 6) is -0.0954. The molecule has 0 saturated carbocycles. The zero-order valence-electron chi connectivity index (χ0n) is 15.8. The first kappa shape index (κ1) is 20.4. The maximum Gasteiger partial charge on any atom is 0.241 e. The van der Waals surface area contributed by atoms with Gasteiger partial charge in [0.15, 0.2) is 0 Å². The second kappa shape index (κ2) is 8.18. The third kappa shape index (κ3) is 4.82. The molecule has 0 aromatic heterocycles. The van der Waals surface area contributed by atoms with E-state index in [0.29, 0.717) is 37.3 Å². The van der Waals surface area contributed by atoms with Crippen LogP contribution in [0.2, 0.25) is 0 Å². The predicted molar refractivity (Wildman–Crippen MR) is 99.3 cm³/mol. The molecule has 0 radical (unpaired) electrons. The van der Waals surface area contributed by atoms with Crippen LogP contribution in [0.15, 0.2) is 17.0 Å². The Labute approximate surface area is 155 Å². The highest BCUT2D eigenvalue weighted by molar-refractivity contribution is 7.89. The highest BCUT2D eigenvalue weighted by atomic mass is 32.2. The van der Waals surface area contributed by atoms with Gasteiger partial charge in [-0.25, -0.2) is 13.1 Å². The summed E-state index contributed by atoms with van der Waals surface area (Å²) in [5.41, 5.74) is 2.40. The van der Waals surface area contributed by atoms with Gasteiger partial charge < -0.3 is 9.80 Å². The Morgan fingerprint density at radius 2 is 1.50 bits per heavy atom. The van der Waals surface area contributed by atoms with Crippen molar-refractivity contribution in [2.75, 3.05) is 32.7 Å². The Morgan fingerprint density at radius 3 is 2.00 bits per heavy atom. The van der Waals surface area contributed by atoms with Crippen LogP contribution in [0, 0.1) is 20.8 Å². The van der Waals surface area contributed by atoms with Gasteiger partial charge in [-0.05, 0) is 31.9 Å². The summed E-state index contributed by atoms with van der Waals surface area (Å²) >= 11 is 0. The van der Waals surface area contributed by atoms with Crippen LogP contribution in [-0.2, 0) is 19.6 Å². The van der Waals surface area contributed by atoms with Crippen molar-refractivity contribution >= 4 is 21.8 Å². The van der Waals surface area contributed by atoms with E-state index in [2.05, 4.69) is 4.72 Å². The van der Waals surface area contributed by atoms with Gasteiger partial charge in [0, 0.05) is 46.1 Å². The third-order valence-corrected chi connectivity index (χ3v) is 6.35. The summed E-state index contributed by atoms with van der Waals surface area (Å²) in [7, 11) is -3.66. The van der Waals surface area contributed by atoms with Crippen molar-refractivity contribution in [2.24, 2.45) is 0 Å². The molecule has 1 aliphatic heterocycles. The molecule has 0 spiro atoms. The van der Waals surface area contributed by atoms with Crippen LogP contribution >= 0.6 is 0 Å². The Morgan fingerprint density at radius 1 is 1.00 bits per heavy atom. The van der Waals surface area contributed by atoms with E-state index >= 15 is 0 Å².